The molecule has 2 unspecified atom stereocenters. The van der Waals surface area contributed by atoms with E-state index >= 15 is 0 Å². The molecule has 0 amide bonds. The average molecular weight is 822 g/mol. The summed E-state index contributed by atoms with van der Waals surface area (Å²) in [6.45, 7) is 17.0. The van der Waals surface area contributed by atoms with Gasteiger partial charge in [0.05, 0.1) is 0 Å². The molecule has 46 heavy (non-hydrogen) atoms. The molecular formula is C42H54HfSi3. The zero-order valence-electron chi connectivity index (χ0n) is 29.7. The second-order valence-electron chi connectivity index (χ2n) is 17.0. The summed E-state index contributed by atoms with van der Waals surface area (Å²) in [4.78, 5) is 0. The van der Waals surface area contributed by atoms with Crippen LogP contribution in [-0.4, -0.2) is 22.4 Å². The summed E-state index contributed by atoms with van der Waals surface area (Å²) >= 11 is -3.69. The Morgan fingerprint density at radius 3 is 1.37 bits per heavy atom. The van der Waals surface area contributed by atoms with Gasteiger partial charge < -0.3 is 0 Å². The topological polar surface area (TPSA) is 0 Å². The Morgan fingerprint density at radius 2 is 1.00 bits per heavy atom. The molecule has 0 radical (unpaired) electrons. The summed E-state index contributed by atoms with van der Waals surface area (Å²) in [7, 11) is -2.65. The van der Waals surface area contributed by atoms with Gasteiger partial charge in [0.2, 0.25) is 0 Å². The molecule has 2 aliphatic rings. The predicted octanol–water partition coefficient (Wildman–Crippen LogP) is 11.3. The van der Waals surface area contributed by atoms with Crippen LogP contribution in [0.1, 0.15) is 49.4 Å². The Bertz CT molecular complexity index is 1760. The minimum absolute atomic E-state index is 0.391. The van der Waals surface area contributed by atoms with Crippen LogP contribution >= 0.6 is 0 Å². The number of hydrogen-bond donors (Lipinski definition) is 0. The summed E-state index contributed by atoms with van der Waals surface area (Å²) in [6, 6.07) is 34.9. The van der Waals surface area contributed by atoms with Crippen molar-refractivity contribution in [3.8, 4) is 22.3 Å². The molecule has 2 atom stereocenters. The summed E-state index contributed by atoms with van der Waals surface area (Å²) in [5.41, 5.74) is 11.7. The van der Waals surface area contributed by atoms with Crippen LogP contribution in [0.3, 0.4) is 0 Å². The van der Waals surface area contributed by atoms with E-state index in [1.54, 1.807) is 11.1 Å². The van der Waals surface area contributed by atoms with Crippen molar-refractivity contribution in [1.29, 1.82) is 0 Å². The Morgan fingerprint density at radius 1 is 0.587 bits per heavy atom. The molecule has 4 heteroatoms. The van der Waals surface area contributed by atoms with Crippen LogP contribution in [0.5, 0.6) is 0 Å². The molecule has 4 aromatic rings. The molecule has 0 saturated heterocycles. The van der Waals surface area contributed by atoms with Gasteiger partial charge >= 0.3 is 285 Å². The fourth-order valence-electron chi connectivity index (χ4n) is 8.27. The van der Waals surface area contributed by atoms with E-state index in [-0.39, 0.29) is 0 Å². The third kappa shape index (κ3) is 6.13. The monoisotopic (exact) mass is 822 g/mol. The standard InChI is InChI=1S/2C18H19Si.C4H10Si.2CH3.Hf/c2*1-19(2,3)16-12-10-15(11-13-16)18-9-5-7-14-6-4-8-17(14)18;1-2-3-4-5;;;/h2*4-13H,1-3H3;5H,2-4H2,1H3;2*1H3;. The number of fused-ring (bicyclic) bond motifs is 2. The maximum absolute atomic E-state index is 3.69. The van der Waals surface area contributed by atoms with Crippen LogP contribution < -0.4 is 10.4 Å². The van der Waals surface area contributed by atoms with Gasteiger partial charge in [-0.25, -0.2) is 0 Å². The molecular weight excluding hydrogens is 767 g/mol. The number of hydrogen-bond acceptors (Lipinski definition) is 0. The van der Waals surface area contributed by atoms with Crippen LogP contribution in [0.4, 0.5) is 0 Å². The van der Waals surface area contributed by atoms with Crippen molar-refractivity contribution in [2.24, 2.45) is 0 Å². The van der Waals surface area contributed by atoms with E-state index in [2.05, 4.69) is 165 Å². The van der Waals surface area contributed by atoms with Gasteiger partial charge in [-0.2, -0.15) is 0 Å². The Kier molecular flexibility index (Phi) is 9.10. The summed E-state index contributed by atoms with van der Waals surface area (Å²) in [6.07, 6.45) is 13.4. The first-order chi connectivity index (χ1) is 21.7. The second kappa shape index (κ2) is 12.4. The van der Waals surface area contributed by atoms with Crippen molar-refractivity contribution in [2.75, 3.05) is 0 Å². The SMILES string of the molecule is CCCC[SiH]=[Hf]([CH3])([CH3])([CH]1C=Cc2c(-c3ccc([Si](C)(C)C)cc3)cccc21)[CH]1C=Cc2c(-c3ccc([Si](C)(C)C)cc3)cccc21. The second-order valence-corrected chi connectivity index (χ2v) is 71.6. The molecule has 0 aliphatic heterocycles. The van der Waals surface area contributed by atoms with E-state index < -0.39 is 33.3 Å². The van der Waals surface area contributed by atoms with Crippen LogP contribution in [-0.2, 0) is 17.1 Å². The van der Waals surface area contributed by atoms with E-state index in [0.717, 1.165) is 0 Å². The molecule has 0 aromatic heterocycles. The normalized spacial score (nSPS) is 17.7. The Balaban J connectivity index is 1.44. The van der Waals surface area contributed by atoms with E-state index in [4.69, 9.17) is 0 Å². The van der Waals surface area contributed by atoms with Crippen molar-refractivity contribution in [3.63, 3.8) is 0 Å². The van der Waals surface area contributed by atoms with Gasteiger partial charge in [-0.15, -0.1) is 0 Å². The summed E-state index contributed by atoms with van der Waals surface area (Å²) in [5.74, 6) is 0. The van der Waals surface area contributed by atoms with Crippen molar-refractivity contribution >= 4 is 44.9 Å². The van der Waals surface area contributed by atoms with Gasteiger partial charge in [0.25, 0.3) is 0 Å². The summed E-state index contributed by atoms with van der Waals surface area (Å²) < 4.78 is 6.89. The molecule has 6 rings (SSSR count). The van der Waals surface area contributed by atoms with E-state index in [0.29, 0.717) is 13.6 Å². The van der Waals surface area contributed by atoms with Gasteiger partial charge in [0, 0.05) is 0 Å². The molecule has 0 nitrogen and oxygen atoms in total. The molecule has 0 bridgehead atoms. The first-order valence-corrected chi connectivity index (χ1v) is 43.6. The number of rotatable bonds is 9. The zero-order chi connectivity index (χ0) is 32.9. The molecule has 0 heterocycles. The van der Waals surface area contributed by atoms with E-state index in [9.17, 15) is 0 Å². The van der Waals surface area contributed by atoms with Crippen molar-refractivity contribution < 1.29 is 17.1 Å². The van der Waals surface area contributed by atoms with Crippen molar-refractivity contribution in [3.05, 3.63) is 119 Å². The van der Waals surface area contributed by atoms with Crippen LogP contribution in [0.2, 0.25) is 54.7 Å². The minimum atomic E-state index is -3.69. The van der Waals surface area contributed by atoms with E-state index in [1.807, 2.05) is 0 Å². The quantitative estimate of drug-likeness (QED) is 0.117. The Labute approximate surface area is 283 Å². The fraction of sp³-hybridized carbons (Fsp3) is 0.333. The molecule has 0 fully saturated rings. The number of allylic oxidation sites excluding steroid dienone is 2. The molecule has 0 N–H and O–H groups in total. The molecule has 0 spiro atoms. The average Bonchev–Trinajstić information content (AvgIpc) is 3.67. The number of benzene rings is 4. The third-order valence-electron chi connectivity index (χ3n) is 11.3. The maximum atomic E-state index is 2.86. The first-order valence-electron chi connectivity index (χ1n) is 17.6. The first kappa shape index (κ1) is 33.8. The van der Waals surface area contributed by atoms with Crippen molar-refractivity contribution in [1.82, 2.24) is 0 Å². The van der Waals surface area contributed by atoms with Crippen LogP contribution in [0.25, 0.3) is 34.4 Å². The van der Waals surface area contributed by atoms with Gasteiger partial charge in [0.15, 0.2) is 0 Å². The van der Waals surface area contributed by atoms with Gasteiger partial charge in [-0.1, -0.05) is 0 Å². The van der Waals surface area contributed by atoms with Gasteiger partial charge in [-0.3, -0.25) is 0 Å². The molecule has 2 aliphatic carbocycles. The molecule has 238 valence electrons. The fourth-order valence-corrected chi connectivity index (χ4v) is 50.2. The summed E-state index contributed by atoms with van der Waals surface area (Å²) in [5, 5.41) is 3.07. The molecule has 4 aromatic carbocycles. The zero-order valence-corrected chi connectivity index (χ0v) is 36.5. The van der Waals surface area contributed by atoms with Gasteiger partial charge in [0.1, 0.15) is 0 Å². The van der Waals surface area contributed by atoms with Crippen molar-refractivity contribution in [2.45, 2.75) is 81.8 Å². The van der Waals surface area contributed by atoms with Crippen LogP contribution in [0, 0.1) is 0 Å². The molecule has 0 saturated carbocycles. The van der Waals surface area contributed by atoms with Gasteiger partial charge in [-0.05, 0) is 0 Å². The third-order valence-corrected chi connectivity index (χ3v) is 58.0. The van der Waals surface area contributed by atoms with E-state index in [1.165, 1.54) is 62.6 Å². The Hall–Kier alpha value is -2.12. The predicted molar refractivity (Wildman–Crippen MR) is 212 cm³/mol. The van der Waals surface area contributed by atoms with Crippen LogP contribution in [0.15, 0.2) is 97.1 Å². The number of unbranched alkanes of at least 4 members (excludes halogenated alkanes) is 1.